The number of hydrogen-bond donors (Lipinski definition) is 1. The first-order valence-corrected chi connectivity index (χ1v) is 8.32. The predicted octanol–water partition coefficient (Wildman–Crippen LogP) is 1.59. The third-order valence-electron chi connectivity index (χ3n) is 3.07. The molecule has 21 heavy (non-hydrogen) atoms. The third kappa shape index (κ3) is 5.03. The Hall–Kier alpha value is -1.02. The van der Waals surface area contributed by atoms with Crippen molar-refractivity contribution < 1.29 is 17.5 Å². The van der Waals surface area contributed by atoms with Crippen molar-refractivity contribution in [3.63, 3.8) is 0 Å². The predicted molar refractivity (Wildman–Crippen MR) is 80.1 cm³/mol. The average molecular weight is 318 g/mol. The van der Waals surface area contributed by atoms with Gasteiger partial charge in [-0.15, -0.1) is 0 Å². The largest absolute Gasteiger partial charge is 0.383 e. The van der Waals surface area contributed by atoms with Crippen LogP contribution in [-0.2, 0) is 21.3 Å². The van der Waals surface area contributed by atoms with E-state index in [1.54, 1.807) is 0 Å². The fourth-order valence-electron chi connectivity index (χ4n) is 1.82. The minimum Gasteiger partial charge on any atom is -0.383 e. The lowest BCUT2D eigenvalue weighted by Gasteiger charge is -2.19. The molecule has 0 bridgehead atoms. The van der Waals surface area contributed by atoms with Gasteiger partial charge in [-0.1, -0.05) is 13.0 Å². The molecule has 0 atom stereocenters. The lowest BCUT2D eigenvalue weighted by atomic mass is 10.2. The van der Waals surface area contributed by atoms with E-state index in [1.807, 2.05) is 6.92 Å². The second kappa shape index (κ2) is 8.43. The fraction of sp³-hybridized carbons (Fsp3) is 0.571. The normalized spacial score (nSPS) is 12.0. The van der Waals surface area contributed by atoms with Gasteiger partial charge in [-0.3, -0.25) is 0 Å². The van der Waals surface area contributed by atoms with Gasteiger partial charge in [0.15, 0.2) is 0 Å². The van der Waals surface area contributed by atoms with E-state index in [4.69, 9.17) is 4.74 Å². The molecule has 1 aromatic rings. The topological polar surface area (TPSA) is 58.6 Å². The van der Waals surface area contributed by atoms with Crippen LogP contribution < -0.4 is 5.32 Å². The molecule has 1 N–H and O–H groups in total. The van der Waals surface area contributed by atoms with E-state index < -0.39 is 15.8 Å². The molecule has 0 unspecified atom stereocenters. The second-order valence-corrected chi connectivity index (χ2v) is 6.76. The fourth-order valence-corrected chi connectivity index (χ4v) is 3.21. The van der Waals surface area contributed by atoms with Gasteiger partial charge in [0.25, 0.3) is 0 Å². The van der Waals surface area contributed by atoms with Crippen LogP contribution in [0.15, 0.2) is 23.1 Å². The van der Waals surface area contributed by atoms with E-state index >= 15 is 0 Å². The third-order valence-corrected chi connectivity index (χ3v) is 5.01. The summed E-state index contributed by atoms with van der Waals surface area (Å²) in [5.74, 6) is -0.562. The highest BCUT2D eigenvalue weighted by Gasteiger charge is 2.24. The minimum atomic E-state index is -3.73. The minimum absolute atomic E-state index is 0.00436. The number of rotatable bonds is 9. The lowest BCUT2D eigenvalue weighted by Crippen LogP contribution is -2.31. The zero-order chi connectivity index (χ0) is 15.9. The Morgan fingerprint density at radius 2 is 2.10 bits per heavy atom. The first-order valence-electron chi connectivity index (χ1n) is 6.88. The molecule has 1 rings (SSSR count). The number of nitrogens with one attached hydrogen (secondary N) is 1. The standard InChI is InChI=1S/C14H23FN2O3S/c1-4-7-16-11-12-5-6-13(15)10-14(12)21(18,19)17(2)8-9-20-3/h5-6,10,16H,4,7-9,11H2,1-3H3. The van der Waals surface area contributed by atoms with Crippen LogP contribution in [0.3, 0.4) is 0 Å². The van der Waals surface area contributed by atoms with Crippen molar-refractivity contribution in [3.8, 4) is 0 Å². The van der Waals surface area contributed by atoms with Gasteiger partial charge >= 0.3 is 0 Å². The maximum atomic E-state index is 13.5. The van der Waals surface area contributed by atoms with Gasteiger partial charge in [-0.25, -0.2) is 12.8 Å². The summed E-state index contributed by atoms with van der Waals surface area (Å²) in [7, 11) is -0.765. The summed E-state index contributed by atoms with van der Waals surface area (Å²) in [6.07, 6.45) is 0.941. The van der Waals surface area contributed by atoms with Crippen LogP contribution in [0.25, 0.3) is 0 Å². The summed E-state index contributed by atoms with van der Waals surface area (Å²) < 4.78 is 44.6. The molecule has 0 saturated carbocycles. The maximum Gasteiger partial charge on any atom is 0.243 e. The number of likely N-dealkylation sites (N-methyl/N-ethyl adjacent to an activating group) is 1. The Balaban J connectivity index is 3.05. The number of benzene rings is 1. The highest BCUT2D eigenvalue weighted by molar-refractivity contribution is 7.89. The Labute approximate surface area is 126 Å². The molecule has 1 aromatic carbocycles. The first-order chi connectivity index (χ1) is 9.93. The van der Waals surface area contributed by atoms with Crippen LogP contribution in [0.5, 0.6) is 0 Å². The zero-order valence-corrected chi connectivity index (χ0v) is 13.5. The van der Waals surface area contributed by atoms with Crippen molar-refractivity contribution in [1.82, 2.24) is 9.62 Å². The molecule has 7 heteroatoms. The van der Waals surface area contributed by atoms with Gasteiger partial charge in [-0.2, -0.15) is 4.31 Å². The summed E-state index contributed by atoms with van der Waals surface area (Å²) in [4.78, 5) is 0.00436. The number of sulfonamides is 1. The smallest absolute Gasteiger partial charge is 0.243 e. The van der Waals surface area contributed by atoms with Crippen molar-refractivity contribution in [2.75, 3.05) is 33.9 Å². The molecule has 5 nitrogen and oxygen atoms in total. The zero-order valence-electron chi connectivity index (χ0n) is 12.7. The van der Waals surface area contributed by atoms with Crippen LogP contribution in [0.4, 0.5) is 4.39 Å². The Morgan fingerprint density at radius 1 is 1.38 bits per heavy atom. The Bertz CT molecular complexity index is 549. The van der Waals surface area contributed by atoms with E-state index in [0.717, 1.165) is 19.0 Å². The summed E-state index contributed by atoms with van der Waals surface area (Å²) in [5, 5.41) is 3.14. The maximum absolute atomic E-state index is 13.5. The summed E-state index contributed by atoms with van der Waals surface area (Å²) >= 11 is 0. The van der Waals surface area contributed by atoms with Gasteiger partial charge < -0.3 is 10.1 Å². The van der Waals surface area contributed by atoms with E-state index in [0.29, 0.717) is 12.1 Å². The summed E-state index contributed by atoms with van der Waals surface area (Å²) in [6.45, 7) is 3.69. The Morgan fingerprint density at radius 3 is 2.71 bits per heavy atom. The lowest BCUT2D eigenvalue weighted by molar-refractivity contribution is 0.185. The number of hydrogen-bond acceptors (Lipinski definition) is 4. The summed E-state index contributed by atoms with van der Waals surface area (Å²) in [6, 6.07) is 3.85. The average Bonchev–Trinajstić information content (AvgIpc) is 2.46. The molecule has 0 fully saturated rings. The van der Waals surface area contributed by atoms with E-state index in [-0.39, 0.29) is 18.0 Å². The molecule has 0 saturated heterocycles. The van der Waals surface area contributed by atoms with Crippen LogP contribution >= 0.6 is 0 Å². The first kappa shape index (κ1) is 18.0. The number of nitrogens with zero attached hydrogens (tertiary/aromatic N) is 1. The number of halogens is 1. The van der Waals surface area contributed by atoms with Gasteiger partial charge in [0, 0.05) is 27.2 Å². The molecule has 0 aromatic heterocycles. The van der Waals surface area contributed by atoms with Crippen LogP contribution in [0.1, 0.15) is 18.9 Å². The van der Waals surface area contributed by atoms with E-state index in [1.165, 1.54) is 30.6 Å². The van der Waals surface area contributed by atoms with Gasteiger partial charge in [0.1, 0.15) is 5.82 Å². The van der Waals surface area contributed by atoms with Crippen molar-refractivity contribution >= 4 is 10.0 Å². The van der Waals surface area contributed by atoms with Crippen molar-refractivity contribution in [2.45, 2.75) is 24.8 Å². The van der Waals surface area contributed by atoms with Crippen LogP contribution in [-0.4, -0.2) is 46.6 Å². The SMILES string of the molecule is CCCNCc1ccc(F)cc1S(=O)(=O)N(C)CCOC. The number of methoxy groups -OCH3 is 1. The van der Waals surface area contributed by atoms with Gasteiger partial charge in [0.05, 0.1) is 11.5 Å². The van der Waals surface area contributed by atoms with Gasteiger partial charge in [0.2, 0.25) is 10.0 Å². The highest BCUT2D eigenvalue weighted by Crippen LogP contribution is 2.20. The van der Waals surface area contributed by atoms with Crippen LogP contribution in [0, 0.1) is 5.82 Å². The molecular formula is C14H23FN2O3S. The molecular weight excluding hydrogens is 295 g/mol. The quantitative estimate of drug-likeness (QED) is 0.703. The molecule has 0 aliphatic carbocycles. The van der Waals surface area contributed by atoms with Crippen molar-refractivity contribution in [3.05, 3.63) is 29.6 Å². The molecule has 0 aliphatic rings. The number of ether oxygens (including phenoxy) is 1. The van der Waals surface area contributed by atoms with E-state index in [2.05, 4.69) is 5.32 Å². The monoisotopic (exact) mass is 318 g/mol. The van der Waals surface area contributed by atoms with Crippen LogP contribution in [0.2, 0.25) is 0 Å². The molecule has 0 amide bonds. The van der Waals surface area contributed by atoms with E-state index in [9.17, 15) is 12.8 Å². The second-order valence-electron chi connectivity index (χ2n) is 4.75. The van der Waals surface area contributed by atoms with Crippen molar-refractivity contribution in [2.24, 2.45) is 0 Å². The summed E-state index contributed by atoms with van der Waals surface area (Å²) in [5.41, 5.74) is 0.564. The highest BCUT2D eigenvalue weighted by atomic mass is 32.2. The van der Waals surface area contributed by atoms with Crippen molar-refractivity contribution in [1.29, 1.82) is 0 Å². The molecule has 0 aliphatic heterocycles. The Kier molecular flexibility index (Phi) is 7.24. The molecule has 0 radical (unpaired) electrons. The van der Waals surface area contributed by atoms with Gasteiger partial charge in [-0.05, 0) is 30.7 Å². The molecule has 0 spiro atoms. The molecule has 120 valence electrons. The molecule has 0 heterocycles.